The van der Waals surface area contributed by atoms with Crippen LogP contribution in [0.2, 0.25) is 0 Å². The van der Waals surface area contributed by atoms with E-state index in [-0.39, 0.29) is 5.82 Å². The van der Waals surface area contributed by atoms with Crippen molar-refractivity contribution in [2.45, 2.75) is 18.9 Å². The molecule has 0 bridgehead atoms. The molecular formula is C14H14BrFN2O. The van der Waals surface area contributed by atoms with Gasteiger partial charge in [0.05, 0.1) is 0 Å². The third kappa shape index (κ3) is 2.58. The van der Waals surface area contributed by atoms with Crippen molar-refractivity contribution in [1.29, 1.82) is 0 Å². The molecule has 0 spiro atoms. The second-order valence-electron chi connectivity index (χ2n) is 4.68. The van der Waals surface area contributed by atoms with Gasteiger partial charge in [-0.2, -0.15) is 0 Å². The first kappa shape index (κ1) is 12.8. The van der Waals surface area contributed by atoms with E-state index in [1.165, 1.54) is 12.5 Å². The highest BCUT2D eigenvalue weighted by Gasteiger charge is 2.16. The number of hydrogen-bond donors (Lipinski definition) is 1. The van der Waals surface area contributed by atoms with Crippen LogP contribution in [0.5, 0.6) is 5.88 Å². The number of nitrogens with one attached hydrogen (secondary N) is 1. The molecule has 19 heavy (non-hydrogen) atoms. The van der Waals surface area contributed by atoms with Crippen molar-refractivity contribution in [2.24, 2.45) is 0 Å². The summed E-state index contributed by atoms with van der Waals surface area (Å²) in [6, 6.07) is 5.31. The van der Waals surface area contributed by atoms with Gasteiger partial charge in [-0.25, -0.2) is 9.37 Å². The van der Waals surface area contributed by atoms with Gasteiger partial charge >= 0.3 is 0 Å². The van der Waals surface area contributed by atoms with Crippen LogP contribution in [0.4, 0.5) is 4.39 Å². The lowest BCUT2D eigenvalue weighted by molar-refractivity contribution is 0.271. The maximum atomic E-state index is 13.8. The predicted octanol–water partition coefficient (Wildman–Crippen LogP) is 3.27. The number of hydrogen-bond acceptors (Lipinski definition) is 3. The van der Waals surface area contributed by atoms with Crippen molar-refractivity contribution in [3.05, 3.63) is 34.7 Å². The molecule has 1 aliphatic heterocycles. The summed E-state index contributed by atoms with van der Waals surface area (Å²) in [6.45, 7) is 1.61. The molecule has 1 N–H and O–H groups in total. The first-order valence-electron chi connectivity index (χ1n) is 6.34. The third-order valence-electron chi connectivity index (χ3n) is 3.36. The fourth-order valence-corrected chi connectivity index (χ4v) is 2.89. The molecule has 0 saturated carbocycles. The lowest BCUT2D eigenvalue weighted by Crippen LogP contribution is -2.28. The van der Waals surface area contributed by atoms with Crippen LogP contribution in [0.1, 0.15) is 12.8 Å². The van der Waals surface area contributed by atoms with Crippen LogP contribution in [0.25, 0.3) is 10.8 Å². The molecule has 3 rings (SSSR count). The minimum atomic E-state index is -0.268. The molecule has 2 aromatic rings. The van der Waals surface area contributed by atoms with Gasteiger partial charge in [0.2, 0.25) is 5.88 Å². The number of aromatic nitrogens is 1. The summed E-state index contributed by atoms with van der Waals surface area (Å²) in [7, 11) is 0. The van der Waals surface area contributed by atoms with Crippen molar-refractivity contribution in [3.63, 3.8) is 0 Å². The number of nitrogens with zero attached hydrogens (tertiary/aromatic N) is 1. The van der Waals surface area contributed by atoms with Crippen molar-refractivity contribution in [1.82, 2.24) is 10.3 Å². The lowest BCUT2D eigenvalue weighted by atomic mass is 10.1. The van der Waals surface area contributed by atoms with Crippen LogP contribution in [0.3, 0.4) is 0 Å². The Hall–Kier alpha value is -1.20. The second kappa shape index (κ2) is 5.43. The molecule has 1 unspecified atom stereocenters. The Morgan fingerprint density at radius 2 is 2.37 bits per heavy atom. The molecule has 1 atom stereocenters. The van der Waals surface area contributed by atoms with E-state index in [4.69, 9.17) is 4.74 Å². The largest absolute Gasteiger partial charge is 0.476 e. The molecule has 1 aromatic carbocycles. The number of fused-ring (bicyclic) bond motifs is 1. The Bertz CT molecular complexity index is 591. The van der Waals surface area contributed by atoms with E-state index in [9.17, 15) is 4.39 Å². The first-order chi connectivity index (χ1) is 9.25. The van der Waals surface area contributed by atoms with Crippen LogP contribution in [0.15, 0.2) is 28.9 Å². The lowest BCUT2D eigenvalue weighted by Gasteiger charge is -2.13. The molecule has 0 aliphatic carbocycles. The summed E-state index contributed by atoms with van der Waals surface area (Å²) in [5.41, 5.74) is 0. The number of rotatable bonds is 3. The van der Waals surface area contributed by atoms with Crippen molar-refractivity contribution in [3.8, 4) is 5.88 Å². The topological polar surface area (TPSA) is 34.1 Å². The zero-order valence-electron chi connectivity index (χ0n) is 10.3. The summed E-state index contributed by atoms with van der Waals surface area (Å²) in [6.07, 6.45) is 3.88. The quantitative estimate of drug-likeness (QED) is 0.940. The van der Waals surface area contributed by atoms with Crippen LogP contribution in [-0.2, 0) is 0 Å². The fraction of sp³-hybridized carbons (Fsp3) is 0.357. The molecule has 1 aromatic heterocycles. The van der Waals surface area contributed by atoms with Gasteiger partial charge in [0, 0.05) is 27.5 Å². The molecule has 5 heteroatoms. The van der Waals surface area contributed by atoms with Gasteiger partial charge in [-0.05, 0) is 47.4 Å². The van der Waals surface area contributed by atoms with Crippen LogP contribution >= 0.6 is 15.9 Å². The zero-order chi connectivity index (χ0) is 13.2. The van der Waals surface area contributed by atoms with E-state index >= 15 is 0 Å². The monoisotopic (exact) mass is 324 g/mol. The minimum absolute atomic E-state index is 0.268. The van der Waals surface area contributed by atoms with Crippen LogP contribution in [0, 0.1) is 5.82 Å². The highest BCUT2D eigenvalue weighted by atomic mass is 79.9. The Kier molecular flexibility index (Phi) is 3.66. The molecular weight excluding hydrogens is 311 g/mol. The molecule has 2 heterocycles. The van der Waals surface area contributed by atoms with Gasteiger partial charge < -0.3 is 10.1 Å². The molecule has 1 fully saturated rings. The average Bonchev–Trinajstić information content (AvgIpc) is 2.91. The maximum absolute atomic E-state index is 13.8. The summed E-state index contributed by atoms with van der Waals surface area (Å²) < 4.78 is 20.2. The van der Waals surface area contributed by atoms with Crippen LogP contribution < -0.4 is 10.1 Å². The van der Waals surface area contributed by atoms with E-state index in [2.05, 4.69) is 26.2 Å². The number of benzene rings is 1. The van der Waals surface area contributed by atoms with Gasteiger partial charge in [-0.3, -0.25) is 0 Å². The third-order valence-corrected chi connectivity index (χ3v) is 3.96. The molecule has 1 aliphatic rings. The molecule has 3 nitrogen and oxygen atoms in total. The highest BCUT2D eigenvalue weighted by Crippen LogP contribution is 2.31. The normalized spacial score (nSPS) is 18.9. The highest BCUT2D eigenvalue weighted by molar-refractivity contribution is 9.10. The van der Waals surface area contributed by atoms with E-state index in [1.807, 2.05) is 6.07 Å². The van der Waals surface area contributed by atoms with Crippen LogP contribution in [-0.4, -0.2) is 24.2 Å². The zero-order valence-corrected chi connectivity index (χ0v) is 11.9. The molecule has 1 saturated heterocycles. The minimum Gasteiger partial charge on any atom is -0.476 e. The van der Waals surface area contributed by atoms with Gasteiger partial charge in [0.1, 0.15) is 12.4 Å². The Morgan fingerprint density at radius 1 is 1.47 bits per heavy atom. The summed E-state index contributed by atoms with van der Waals surface area (Å²) in [4.78, 5) is 4.24. The molecule has 100 valence electrons. The number of pyridine rings is 1. The van der Waals surface area contributed by atoms with E-state index < -0.39 is 0 Å². The maximum Gasteiger partial charge on any atom is 0.221 e. The Morgan fingerprint density at radius 3 is 3.16 bits per heavy atom. The summed E-state index contributed by atoms with van der Waals surface area (Å²) in [5.74, 6) is 0.224. The smallest absolute Gasteiger partial charge is 0.221 e. The second-order valence-corrected chi connectivity index (χ2v) is 5.53. The Balaban J connectivity index is 1.90. The van der Waals surface area contributed by atoms with E-state index in [0.717, 1.165) is 13.0 Å². The van der Waals surface area contributed by atoms with E-state index in [1.54, 1.807) is 12.3 Å². The van der Waals surface area contributed by atoms with Gasteiger partial charge in [-0.15, -0.1) is 0 Å². The number of ether oxygens (including phenoxy) is 1. The van der Waals surface area contributed by atoms with Gasteiger partial charge in [0.25, 0.3) is 0 Å². The predicted molar refractivity (Wildman–Crippen MR) is 75.9 cm³/mol. The van der Waals surface area contributed by atoms with Gasteiger partial charge in [-0.1, -0.05) is 6.07 Å². The SMILES string of the molecule is Fc1cccc2c(OCC3CCCN3)ncc(Br)c12. The van der Waals surface area contributed by atoms with Crippen molar-refractivity contribution < 1.29 is 9.13 Å². The fourth-order valence-electron chi connectivity index (χ4n) is 2.39. The molecule has 0 radical (unpaired) electrons. The van der Waals surface area contributed by atoms with E-state index in [0.29, 0.717) is 33.8 Å². The average molecular weight is 325 g/mol. The van der Waals surface area contributed by atoms with Gasteiger partial charge in [0.15, 0.2) is 0 Å². The number of halogens is 2. The van der Waals surface area contributed by atoms with Crippen molar-refractivity contribution in [2.75, 3.05) is 13.2 Å². The standard InChI is InChI=1S/C14H14BrFN2O/c15-11-7-18-14(19-8-9-3-2-6-17-9)10-4-1-5-12(16)13(10)11/h1,4-5,7,9,17H,2-3,6,8H2. The molecule has 0 amide bonds. The van der Waals surface area contributed by atoms with Crippen molar-refractivity contribution >= 4 is 26.7 Å². The summed E-state index contributed by atoms with van der Waals surface area (Å²) >= 11 is 3.33. The Labute approximate surface area is 119 Å². The summed E-state index contributed by atoms with van der Waals surface area (Å²) in [5, 5.41) is 4.58. The first-order valence-corrected chi connectivity index (χ1v) is 7.14.